The van der Waals surface area contributed by atoms with Gasteiger partial charge >= 0.3 is 0 Å². The fraction of sp³-hybridized carbons (Fsp3) is 0.857. The minimum atomic E-state index is -0.769. The Morgan fingerprint density at radius 3 is 2.10 bits per heavy atom. The maximum Gasteiger partial charge on any atom is 0.237 e. The van der Waals surface area contributed by atoms with Crippen molar-refractivity contribution >= 4 is 5.91 Å². The van der Waals surface area contributed by atoms with Gasteiger partial charge in [-0.1, -0.05) is 20.3 Å². The fourth-order valence-electron chi connectivity index (χ4n) is 0.920. The van der Waals surface area contributed by atoms with Crippen LogP contribution in [0.1, 0.15) is 33.1 Å². The molecule has 1 amide bonds. The van der Waals surface area contributed by atoms with Crippen LogP contribution in [0.4, 0.5) is 0 Å². The van der Waals surface area contributed by atoms with Crippen LogP contribution in [0, 0.1) is 0 Å². The molecule has 1 atom stereocenters. The summed E-state index contributed by atoms with van der Waals surface area (Å²) in [6.07, 6.45) is 2.20. The van der Waals surface area contributed by atoms with Gasteiger partial charge in [-0.15, -0.1) is 0 Å². The second-order valence-corrected chi connectivity index (χ2v) is 2.62. The van der Waals surface area contributed by atoms with Crippen molar-refractivity contribution < 1.29 is 4.79 Å². The highest BCUT2D eigenvalue weighted by Crippen LogP contribution is 2.12. The summed E-state index contributed by atoms with van der Waals surface area (Å²) in [6, 6.07) is 0. The first kappa shape index (κ1) is 9.43. The maximum atomic E-state index is 10.7. The Hall–Kier alpha value is -0.570. The van der Waals surface area contributed by atoms with Crippen LogP contribution in [0.15, 0.2) is 0 Å². The SMILES string of the molecule is CCCC(N)(CC)C(N)=O. The van der Waals surface area contributed by atoms with E-state index in [-0.39, 0.29) is 0 Å². The summed E-state index contributed by atoms with van der Waals surface area (Å²) < 4.78 is 0. The summed E-state index contributed by atoms with van der Waals surface area (Å²) in [7, 11) is 0. The molecule has 0 aromatic rings. The molecular formula is C7H16N2O. The van der Waals surface area contributed by atoms with Gasteiger partial charge in [-0.05, 0) is 12.8 Å². The van der Waals surface area contributed by atoms with Crippen LogP contribution in [-0.4, -0.2) is 11.4 Å². The average molecular weight is 144 g/mol. The smallest absolute Gasteiger partial charge is 0.237 e. The van der Waals surface area contributed by atoms with Crippen molar-refractivity contribution in [3.05, 3.63) is 0 Å². The molecule has 3 heteroatoms. The van der Waals surface area contributed by atoms with Gasteiger partial charge in [-0.3, -0.25) is 4.79 Å². The predicted molar refractivity (Wildman–Crippen MR) is 41.3 cm³/mol. The second kappa shape index (κ2) is 3.56. The number of carbonyl (C=O) groups is 1. The zero-order valence-corrected chi connectivity index (χ0v) is 6.68. The Labute approximate surface area is 61.8 Å². The Bertz CT molecular complexity index is 125. The van der Waals surface area contributed by atoms with Crippen LogP contribution in [-0.2, 0) is 4.79 Å². The number of amides is 1. The predicted octanol–water partition coefficient (Wildman–Crippen LogP) is 0.379. The standard InChI is InChI=1S/C7H16N2O/c1-3-5-7(9,4-2)6(8)10/h3-5,9H2,1-2H3,(H2,8,10). The van der Waals surface area contributed by atoms with E-state index in [2.05, 4.69) is 0 Å². The molecule has 0 spiro atoms. The minimum absolute atomic E-state index is 0.392. The normalized spacial score (nSPS) is 16.3. The first-order valence-electron chi connectivity index (χ1n) is 3.65. The first-order valence-corrected chi connectivity index (χ1v) is 3.65. The molecular weight excluding hydrogens is 128 g/mol. The summed E-state index contributed by atoms with van der Waals surface area (Å²) in [6.45, 7) is 3.86. The van der Waals surface area contributed by atoms with Gasteiger partial charge in [0.1, 0.15) is 0 Å². The molecule has 3 nitrogen and oxygen atoms in total. The van der Waals surface area contributed by atoms with Crippen molar-refractivity contribution in [3.63, 3.8) is 0 Å². The van der Waals surface area contributed by atoms with Gasteiger partial charge in [0.15, 0.2) is 0 Å². The monoisotopic (exact) mass is 144 g/mol. The summed E-state index contributed by atoms with van der Waals surface area (Å²) >= 11 is 0. The molecule has 0 saturated carbocycles. The third kappa shape index (κ3) is 1.99. The lowest BCUT2D eigenvalue weighted by atomic mass is 9.91. The molecule has 60 valence electrons. The Balaban J connectivity index is 4.08. The molecule has 10 heavy (non-hydrogen) atoms. The molecule has 0 saturated heterocycles. The van der Waals surface area contributed by atoms with Crippen LogP contribution in [0.2, 0.25) is 0 Å². The van der Waals surface area contributed by atoms with Crippen molar-refractivity contribution in [2.45, 2.75) is 38.6 Å². The largest absolute Gasteiger partial charge is 0.368 e. The van der Waals surface area contributed by atoms with Gasteiger partial charge < -0.3 is 11.5 Å². The quantitative estimate of drug-likeness (QED) is 0.599. The highest BCUT2D eigenvalue weighted by molar-refractivity contribution is 5.84. The van der Waals surface area contributed by atoms with Crippen molar-refractivity contribution in [1.82, 2.24) is 0 Å². The van der Waals surface area contributed by atoms with Crippen molar-refractivity contribution in [1.29, 1.82) is 0 Å². The van der Waals surface area contributed by atoms with Gasteiger partial charge in [0.05, 0.1) is 5.54 Å². The Morgan fingerprint density at radius 2 is 2.00 bits per heavy atom. The molecule has 0 heterocycles. The van der Waals surface area contributed by atoms with Gasteiger partial charge in [0.2, 0.25) is 5.91 Å². The van der Waals surface area contributed by atoms with Crippen LogP contribution in [0.25, 0.3) is 0 Å². The number of hydrogen-bond donors (Lipinski definition) is 2. The van der Waals surface area contributed by atoms with Gasteiger partial charge in [0, 0.05) is 0 Å². The molecule has 0 aliphatic heterocycles. The number of carbonyl (C=O) groups excluding carboxylic acids is 1. The van der Waals surface area contributed by atoms with Crippen LogP contribution in [0.3, 0.4) is 0 Å². The van der Waals surface area contributed by atoms with Crippen molar-refractivity contribution in [2.24, 2.45) is 11.5 Å². The van der Waals surface area contributed by atoms with Gasteiger partial charge in [-0.2, -0.15) is 0 Å². The van der Waals surface area contributed by atoms with Crippen LogP contribution in [0.5, 0.6) is 0 Å². The minimum Gasteiger partial charge on any atom is -0.368 e. The molecule has 0 bridgehead atoms. The number of primary amides is 1. The molecule has 0 aromatic heterocycles. The third-order valence-corrected chi connectivity index (χ3v) is 1.82. The Morgan fingerprint density at radius 1 is 1.50 bits per heavy atom. The summed E-state index contributed by atoms with van der Waals surface area (Å²) in [5, 5.41) is 0. The molecule has 0 aromatic carbocycles. The van der Waals surface area contributed by atoms with Crippen LogP contribution >= 0.6 is 0 Å². The molecule has 0 radical (unpaired) electrons. The van der Waals surface area contributed by atoms with E-state index in [0.717, 1.165) is 6.42 Å². The summed E-state index contributed by atoms with van der Waals surface area (Å²) in [5.74, 6) is -0.392. The zero-order valence-electron chi connectivity index (χ0n) is 6.68. The van der Waals surface area contributed by atoms with Crippen LogP contribution < -0.4 is 11.5 Å². The first-order chi connectivity index (χ1) is 4.56. The molecule has 0 rings (SSSR count). The number of hydrogen-bond acceptors (Lipinski definition) is 2. The van der Waals surface area contributed by atoms with E-state index in [1.54, 1.807) is 0 Å². The zero-order chi connectivity index (χ0) is 8.20. The van der Waals surface area contributed by atoms with Gasteiger partial charge in [-0.25, -0.2) is 0 Å². The molecule has 0 aliphatic rings. The molecule has 4 N–H and O–H groups in total. The van der Waals surface area contributed by atoms with E-state index in [0.29, 0.717) is 12.8 Å². The highest BCUT2D eigenvalue weighted by Gasteiger charge is 2.27. The second-order valence-electron chi connectivity index (χ2n) is 2.62. The van der Waals surface area contributed by atoms with Gasteiger partial charge in [0.25, 0.3) is 0 Å². The lowest BCUT2D eigenvalue weighted by Crippen LogP contribution is -2.51. The Kier molecular flexibility index (Phi) is 3.36. The molecule has 0 fully saturated rings. The third-order valence-electron chi connectivity index (χ3n) is 1.82. The summed E-state index contributed by atoms with van der Waals surface area (Å²) in [5.41, 5.74) is 10.0. The van der Waals surface area contributed by atoms with E-state index in [4.69, 9.17) is 11.5 Å². The van der Waals surface area contributed by atoms with E-state index in [1.165, 1.54) is 0 Å². The molecule has 1 unspecified atom stereocenters. The highest BCUT2D eigenvalue weighted by atomic mass is 16.1. The lowest BCUT2D eigenvalue weighted by Gasteiger charge is -2.22. The maximum absolute atomic E-state index is 10.7. The number of rotatable bonds is 4. The lowest BCUT2D eigenvalue weighted by molar-refractivity contribution is -0.123. The topological polar surface area (TPSA) is 69.1 Å². The average Bonchev–Trinajstić information content (AvgIpc) is 1.88. The van der Waals surface area contributed by atoms with Crippen molar-refractivity contribution in [3.8, 4) is 0 Å². The van der Waals surface area contributed by atoms with E-state index in [9.17, 15) is 4.79 Å². The van der Waals surface area contributed by atoms with E-state index >= 15 is 0 Å². The van der Waals surface area contributed by atoms with E-state index < -0.39 is 11.4 Å². The van der Waals surface area contributed by atoms with Crippen molar-refractivity contribution in [2.75, 3.05) is 0 Å². The fourth-order valence-corrected chi connectivity index (χ4v) is 0.920. The number of nitrogens with two attached hydrogens (primary N) is 2. The van der Waals surface area contributed by atoms with E-state index in [1.807, 2.05) is 13.8 Å². The molecule has 0 aliphatic carbocycles. The summed E-state index contributed by atoms with van der Waals surface area (Å²) in [4.78, 5) is 10.7.